The van der Waals surface area contributed by atoms with Gasteiger partial charge in [-0.3, -0.25) is 4.79 Å². The number of nitrogens with one attached hydrogen (secondary N) is 1. The smallest absolute Gasteiger partial charge is 0.254 e. The Balaban J connectivity index is 2.21. The van der Waals surface area contributed by atoms with Gasteiger partial charge in [-0.1, -0.05) is 23.2 Å². The Kier molecular flexibility index (Phi) is 3.92. The minimum Gasteiger partial charge on any atom is -0.333 e. The maximum absolute atomic E-state index is 12.3. The summed E-state index contributed by atoms with van der Waals surface area (Å²) in [5, 5.41) is 4.14. The minimum atomic E-state index is 0.0116. The normalized spacial score (nSPS) is 20.4. The number of hydrogen-bond acceptors (Lipinski definition) is 2. The molecule has 3 nitrogen and oxygen atoms in total. The summed E-state index contributed by atoms with van der Waals surface area (Å²) in [6.45, 7) is 4.41. The number of amides is 1. The van der Waals surface area contributed by atoms with E-state index in [9.17, 15) is 4.79 Å². The van der Waals surface area contributed by atoms with E-state index in [1.165, 1.54) is 0 Å². The average molecular weight is 273 g/mol. The van der Waals surface area contributed by atoms with Crippen molar-refractivity contribution in [1.82, 2.24) is 10.2 Å². The van der Waals surface area contributed by atoms with E-state index in [0.29, 0.717) is 15.6 Å². The van der Waals surface area contributed by atoms with Gasteiger partial charge >= 0.3 is 0 Å². The highest BCUT2D eigenvalue weighted by Crippen LogP contribution is 2.23. The Morgan fingerprint density at radius 1 is 1.41 bits per heavy atom. The lowest BCUT2D eigenvalue weighted by Crippen LogP contribution is -2.52. The fourth-order valence-corrected chi connectivity index (χ4v) is 2.24. The first kappa shape index (κ1) is 12.7. The van der Waals surface area contributed by atoms with Crippen molar-refractivity contribution in [2.24, 2.45) is 0 Å². The number of halogens is 2. The molecule has 0 saturated carbocycles. The topological polar surface area (TPSA) is 32.3 Å². The molecule has 1 aromatic carbocycles. The second-order valence-corrected chi connectivity index (χ2v) is 4.99. The number of piperazine rings is 1. The molecule has 0 aromatic heterocycles. The number of carbonyl (C=O) groups excluding carboxylic acids is 1. The molecule has 92 valence electrons. The van der Waals surface area contributed by atoms with Crippen LogP contribution in [0.2, 0.25) is 10.0 Å². The van der Waals surface area contributed by atoms with E-state index >= 15 is 0 Å². The number of nitrogens with zero attached hydrogens (tertiary/aromatic N) is 1. The highest BCUT2D eigenvalue weighted by atomic mass is 35.5. The third kappa shape index (κ3) is 2.73. The molecule has 1 aliphatic heterocycles. The number of rotatable bonds is 1. The van der Waals surface area contributed by atoms with Crippen molar-refractivity contribution in [3.63, 3.8) is 0 Å². The van der Waals surface area contributed by atoms with Crippen LogP contribution < -0.4 is 5.32 Å². The molecule has 2 rings (SSSR count). The van der Waals surface area contributed by atoms with Crippen LogP contribution in [0.5, 0.6) is 0 Å². The first-order valence-electron chi connectivity index (χ1n) is 5.56. The van der Waals surface area contributed by atoms with E-state index in [1.54, 1.807) is 18.2 Å². The third-order valence-electron chi connectivity index (χ3n) is 2.93. The molecule has 1 unspecified atom stereocenters. The molecule has 0 radical (unpaired) electrons. The summed E-state index contributed by atoms with van der Waals surface area (Å²) >= 11 is 11.8. The summed E-state index contributed by atoms with van der Waals surface area (Å²) in [5.74, 6) is 0.0116. The van der Waals surface area contributed by atoms with Crippen molar-refractivity contribution in [3.8, 4) is 0 Å². The molecule has 0 bridgehead atoms. The van der Waals surface area contributed by atoms with E-state index in [-0.39, 0.29) is 11.9 Å². The predicted molar refractivity (Wildman–Crippen MR) is 69.8 cm³/mol. The highest BCUT2D eigenvalue weighted by molar-refractivity contribution is 6.42. The zero-order valence-corrected chi connectivity index (χ0v) is 11.1. The van der Waals surface area contributed by atoms with Crippen molar-refractivity contribution < 1.29 is 4.79 Å². The molecule has 0 spiro atoms. The van der Waals surface area contributed by atoms with Gasteiger partial charge < -0.3 is 10.2 Å². The predicted octanol–water partition coefficient (Wildman–Crippen LogP) is 2.43. The quantitative estimate of drug-likeness (QED) is 0.852. The lowest BCUT2D eigenvalue weighted by molar-refractivity contribution is 0.0656. The number of benzene rings is 1. The molecule has 1 heterocycles. The molecule has 17 heavy (non-hydrogen) atoms. The minimum absolute atomic E-state index is 0.0116. The summed E-state index contributed by atoms with van der Waals surface area (Å²) in [6.07, 6.45) is 0. The second kappa shape index (κ2) is 5.25. The molecule has 1 saturated heterocycles. The SMILES string of the molecule is CC1CNCCN1C(=O)c1ccc(Cl)c(Cl)c1. The van der Waals surface area contributed by atoms with Crippen LogP contribution in [0.25, 0.3) is 0 Å². The largest absolute Gasteiger partial charge is 0.333 e. The zero-order valence-electron chi connectivity index (χ0n) is 9.54. The molecule has 1 aromatic rings. The lowest BCUT2D eigenvalue weighted by Gasteiger charge is -2.34. The van der Waals surface area contributed by atoms with Crippen LogP contribution in [0.3, 0.4) is 0 Å². The molecular weight excluding hydrogens is 259 g/mol. The Morgan fingerprint density at radius 2 is 2.18 bits per heavy atom. The van der Waals surface area contributed by atoms with Gasteiger partial charge in [-0.15, -0.1) is 0 Å². The molecule has 1 N–H and O–H groups in total. The molecule has 5 heteroatoms. The van der Waals surface area contributed by atoms with Crippen LogP contribution in [0, 0.1) is 0 Å². The van der Waals surface area contributed by atoms with Gasteiger partial charge in [-0.05, 0) is 25.1 Å². The Morgan fingerprint density at radius 3 is 2.82 bits per heavy atom. The van der Waals surface area contributed by atoms with Gasteiger partial charge in [0, 0.05) is 31.2 Å². The highest BCUT2D eigenvalue weighted by Gasteiger charge is 2.24. The van der Waals surface area contributed by atoms with Gasteiger partial charge in [-0.25, -0.2) is 0 Å². The van der Waals surface area contributed by atoms with Crippen molar-refractivity contribution in [1.29, 1.82) is 0 Å². The van der Waals surface area contributed by atoms with E-state index in [2.05, 4.69) is 5.32 Å². The molecule has 1 amide bonds. The number of hydrogen-bond donors (Lipinski definition) is 1. The van der Waals surface area contributed by atoms with Crippen LogP contribution in [0.1, 0.15) is 17.3 Å². The Hall–Kier alpha value is -0.770. The second-order valence-electron chi connectivity index (χ2n) is 4.18. The Labute approximate surface area is 111 Å². The van der Waals surface area contributed by atoms with Gasteiger partial charge in [-0.2, -0.15) is 0 Å². The monoisotopic (exact) mass is 272 g/mol. The molecule has 1 atom stereocenters. The summed E-state index contributed by atoms with van der Waals surface area (Å²) in [7, 11) is 0. The summed E-state index contributed by atoms with van der Waals surface area (Å²) in [6, 6.07) is 5.20. The standard InChI is InChI=1S/C12H14Cl2N2O/c1-8-7-15-4-5-16(8)12(17)9-2-3-10(13)11(14)6-9/h2-3,6,8,15H,4-5,7H2,1H3. The van der Waals surface area contributed by atoms with Gasteiger partial charge in [0.15, 0.2) is 0 Å². The van der Waals surface area contributed by atoms with E-state index in [0.717, 1.165) is 19.6 Å². The first-order chi connectivity index (χ1) is 8.09. The average Bonchev–Trinajstić information content (AvgIpc) is 2.32. The van der Waals surface area contributed by atoms with E-state index in [4.69, 9.17) is 23.2 Å². The fraction of sp³-hybridized carbons (Fsp3) is 0.417. The lowest BCUT2D eigenvalue weighted by atomic mass is 10.1. The van der Waals surface area contributed by atoms with Gasteiger partial charge in [0.1, 0.15) is 0 Å². The maximum atomic E-state index is 12.3. The van der Waals surface area contributed by atoms with Crippen molar-refractivity contribution in [2.45, 2.75) is 13.0 Å². The van der Waals surface area contributed by atoms with E-state index in [1.807, 2.05) is 11.8 Å². The van der Waals surface area contributed by atoms with Crippen LogP contribution in [-0.4, -0.2) is 36.5 Å². The molecular formula is C12H14Cl2N2O. The first-order valence-corrected chi connectivity index (χ1v) is 6.32. The van der Waals surface area contributed by atoms with Crippen molar-refractivity contribution in [3.05, 3.63) is 33.8 Å². The van der Waals surface area contributed by atoms with Gasteiger partial charge in [0.25, 0.3) is 5.91 Å². The Bertz CT molecular complexity index is 437. The maximum Gasteiger partial charge on any atom is 0.254 e. The summed E-state index contributed by atoms with van der Waals surface area (Å²) < 4.78 is 0. The number of carbonyl (C=O) groups is 1. The van der Waals surface area contributed by atoms with Gasteiger partial charge in [0.05, 0.1) is 10.0 Å². The van der Waals surface area contributed by atoms with Crippen LogP contribution in [0.4, 0.5) is 0 Å². The van der Waals surface area contributed by atoms with Crippen LogP contribution >= 0.6 is 23.2 Å². The molecule has 0 aliphatic carbocycles. The van der Waals surface area contributed by atoms with Crippen molar-refractivity contribution in [2.75, 3.05) is 19.6 Å². The summed E-state index contributed by atoms with van der Waals surface area (Å²) in [4.78, 5) is 14.1. The van der Waals surface area contributed by atoms with Crippen LogP contribution in [0.15, 0.2) is 18.2 Å². The fourth-order valence-electron chi connectivity index (χ4n) is 1.94. The molecule has 1 aliphatic rings. The van der Waals surface area contributed by atoms with Crippen LogP contribution in [-0.2, 0) is 0 Å². The third-order valence-corrected chi connectivity index (χ3v) is 3.67. The summed E-state index contributed by atoms with van der Waals surface area (Å²) in [5.41, 5.74) is 0.591. The molecule has 1 fully saturated rings. The zero-order chi connectivity index (χ0) is 12.4. The van der Waals surface area contributed by atoms with Gasteiger partial charge in [0.2, 0.25) is 0 Å². The van der Waals surface area contributed by atoms with E-state index < -0.39 is 0 Å². The van der Waals surface area contributed by atoms with Crippen molar-refractivity contribution >= 4 is 29.1 Å².